The van der Waals surface area contributed by atoms with Crippen molar-refractivity contribution in [2.75, 3.05) is 39.9 Å². The SMILES string of the molecule is CCOC(=O)C1CCCN(C(=O)C2(OC)CCNCC2)C1.Cl. The first-order valence-electron chi connectivity index (χ1n) is 7.85. The summed E-state index contributed by atoms with van der Waals surface area (Å²) in [5.74, 6) is -0.356. The Morgan fingerprint density at radius 2 is 2.00 bits per heavy atom. The van der Waals surface area contributed by atoms with E-state index in [1.807, 2.05) is 0 Å². The van der Waals surface area contributed by atoms with Crippen LogP contribution in [0.4, 0.5) is 0 Å². The van der Waals surface area contributed by atoms with Crippen molar-refractivity contribution < 1.29 is 19.1 Å². The van der Waals surface area contributed by atoms with Gasteiger partial charge in [0.05, 0.1) is 12.5 Å². The predicted octanol–water partition coefficient (Wildman–Crippen LogP) is 0.978. The lowest BCUT2D eigenvalue weighted by Crippen LogP contribution is -2.57. The number of ether oxygens (including phenoxy) is 2. The standard InChI is InChI=1S/C15H26N2O4.ClH/c1-3-21-13(18)12-5-4-10-17(11-12)14(19)15(20-2)6-8-16-9-7-15;/h12,16H,3-11H2,1-2H3;1H. The Morgan fingerprint density at radius 3 is 2.59 bits per heavy atom. The summed E-state index contributed by atoms with van der Waals surface area (Å²) < 4.78 is 10.7. The van der Waals surface area contributed by atoms with Gasteiger partial charge in [-0.25, -0.2) is 0 Å². The number of hydrogen-bond acceptors (Lipinski definition) is 5. The van der Waals surface area contributed by atoms with Crippen LogP contribution in [0.25, 0.3) is 0 Å². The van der Waals surface area contributed by atoms with Crippen molar-refractivity contribution in [2.24, 2.45) is 5.92 Å². The fourth-order valence-electron chi connectivity index (χ4n) is 3.24. The summed E-state index contributed by atoms with van der Waals surface area (Å²) in [6.07, 6.45) is 3.00. The average molecular weight is 335 g/mol. The molecule has 0 aromatic rings. The van der Waals surface area contributed by atoms with Crippen LogP contribution in [0.15, 0.2) is 0 Å². The molecule has 2 aliphatic rings. The van der Waals surface area contributed by atoms with Crippen molar-refractivity contribution >= 4 is 24.3 Å². The van der Waals surface area contributed by atoms with Crippen LogP contribution in [0.1, 0.15) is 32.6 Å². The van der Waals surface area contributed by atoms with Gasteiger partial charge in [-0.05, 0) is 45.7 Å². The monoisotopic (exact) mass is 334 g/mol. The molecular weight excluding hydrogens is 308 g/mol. The summed E-state index contributed by atoms with van der Waals surface area (Å²) in [4.78, 5) is 26.5. The summed E-state index contributed by atoms with van der Waals surface area (Å²) in [7, 11) is 1.61. The second kappa shape index (κ2) is 8.70. The van der Waals surface area contributed by atoms with Gasteiger partial charge in [0.25, 0.3) is 5.91 Å². The van der Waals surface area contributed by atoms with Crippen LogP contribution in [0.5, 0.6) is 0 Å². The minimum absolute atomic E-state index is 0. The number of likely N-dealkylation sites (tertiary alicyclic amines) is 1. The van der Waals surface area contributed by atoms with Gasteiger partial charge in [-0.3, -0.25) is 9.59 Å². The van der Waals surface area contributed by atoms with Gasteiger partial charge in [0.15, 0.2) is 0 Å². The number of nitrogens with zero attached hydrogens (tertiary/aromatic N) is 1. The molecule has 7 heteroatoms. The van der Waals surface area contributed by atoms with Crippen molar-refractivity contribution in [3.63, 3.8) is 0 Å². The van der Waals surface area contributed by atoms with Crippen LogP contribution >= 0.6 is 12.4 Å². The Hall–Kier alpha value is -0.850. The third-order valence-corrected chi connectivity index (χ3v) is 4.52. The molecule has 2 heterocycles. The molecule has 1 amide bonds. The summed E-state index contributed by atoms with van der Waals surface area (Å²) in [6, 6.07) is 0. The number of esters is 1. The number of rotatable bonds is 4. The molecule has 0 aromatic heterocycles. The number of methoxy groups -OCH3 is 1. The normalized spacial score (nSPS) is 24.3. The first kappa shape index (κ1) is 19.2. The number of carbonyl (C=O) groups is 2. The van der Waals surface area contributed by atoms with Gasteiger partial charge in [-0.15, -0.1) is 12.4 Å². The first-order valence-corrected chi connectivity index (χ1v) is 7.85. The van der Waals surface area contributed by atoms with Crippen LogP contribution in [0.3, 0.4) is 0 Å². The second-order valence-electron chi connectivity index (χ2n) is 5.79. The van der Waals surface area contributed by atoms with Gasteiger partial charge in [0, 0.05) is 20.2 Å². The Labute approximate surface area is 138 Å². The Morgan fingerprint density at radius 1 is 1.32 bits per heavy atom. The van der Waals surface area contributed by atoms with E-state index in [0.29, 0.717) is 32.5 Å². The zero-order valence-corrected chi connectivity index (χ0v) is 14.2. The van der Waals surface area contributed by atoms with Crippen LogP contribution < -0.4 is 5.32 Å². The van der Waals surface area contributed by atoms with Crippen LogP contribution in [0.2, 0.25) is 0 Å². The lowest BCUT2D eigenvalue weighted by molar-refractivity contribution is -0.163. The highest BCUT2D eigenvalue weighted by atomic mass is 35.5. The van der Waals surface area contributed by atoms with E-state index in [4.69, 9.17) is 9.47 Å². The molecule has 1 unspecified atom stereocenters. The molecule has 0 aliphatic carbocycles. The van der Waals surface area contributed by atoms with E-state index in [2.05, 4.69) is 5.32 Å². The molecule has 2 saturated heterocycles. The molecule has 2 rings (SSSR count). The summed E-state index contributed by atoms with van der Waals surface area (Å²) >= 11 is 0. The minimum atomic E-state index is -0.720. The van der Waals surface area contributed by atoms with Crippen molar-refractivity contribution in [1.29, 1.82) is 0 Å². The van der Waals surface area contributed by atoms with Crippen LogP contribution in [-0.2, 0) is 19.1 Å². The quantitative estimate of drug-likeness (QED) is 0.776. The van der Waals surface area contributed by atoms with E-state index in [1.54, 1.807) is 18.9 Å². The highest BCUT2D eigenvalue weighted by Crippen LogP contribution is 2.28. The van der Waals surface area contributed by atoms with E-state index in [1.165, 1.54) is 0 Å². The summed E-state index contributed by atoms with van der Waals surface area (Å²) in [5.41, 5.74) is -0.720. The molecule has 0 spiro atoms. The largest absolute Gasteiger partial charge is 0.466 e. The Kier molecular flexibility index (Phi) is 7.59. The van der Waals surface area contributed by atoms with E-state index >= 15 is 0 Å². The third-order valence-electron chi connectivity index (χ3n) is 4.52. The van der Waals surface area contributed by atoms with E-state index in [-0.39, 0.29) is 30.2 Å². The van der Waals surface area contributed by atoms with Gasteiger partial charge in [-0.1, -0.05) is 0 Å². The molecule has 0 aromatic carbocycles. The fraction of sp³-hybridized carbons (Fsp3) is 0.867. The van der Waals surface area contributed by atoms with Gasteiger partial charge < -0.3 is 19.7 Å². The molecule has 22 heavy (non-hydrogen) atoms. The van der Waals surface area contributed by atoms with Crippen molar-refractivity contribution in [1.82, 2.24) is 10.2 Å². The molecule has 1 atom stereocenters. The van der Waals surface area contributed by atoms with E-state index in [0.717, 1.165) is 25.9 Å². The zero-order chi connectivity index (χ0) is 15.3. The van der Waals surface area contributed by atoms with E-state index < -0.39 is 5.60 Å². The molecule has 0 bridgehead atoms. The maximum atomic E-state index is 12.9. The number of halogens is 1. The average Bonchev–Trinajstić information content (AvgIpc) is 2.55. The second-order valence-corrected chi connectivity index (χ2v) is 5.79. The van der Waals surface area contributed by atoms with Crippen molar-refractivity contribution in [3.05, 3.63) is 0 Å². The lowest BCUT2D eigenvalue weighted by Gasteiger charge is -2.41. The number of piperidine rings is 2. The predicted molar refractivity (Wildman–Crippen MR) is 85.0 cm³/mol. The first-order chi connectivity index (χ1) is 10.1. The molecule has 0 radical (unpaired) electrons. The van der Waals surface area contributed by atoms with Gasteiger partial charge >= 0.3 is 5.97 Å². The van der Waals surface area contributed by atoms with E-state index in [9.17, 15) is 9.59 Å². The smallest absolute Gasteiger partial charge is 0.310 e. The number of carbonyl (C=O) groups excluding carboxylic acids is 2. The van der Waals surface area contributed by atoms with Crippen molar-refractivity contribution in [3.8, 4) is 0 Å². The topological polar surface area (TPSA) is 67.9 Å². The molecule has 6 nitrogen and oxygen atoms in total. The van der Waals surface area contributed by atoms with Crippen LogP contribution in [-0.4, -0.2) is 62.3 Å². The molecule has 1 N–H and O–H groups in total. The fourth-order valence-corrected chi connectivity index (χ4v) is 3.24. The maximum absolute atomic E-state index is 12.9. The summed E-state index contributed by atoms with van der Waals surface area (Å²) in [5, 5.41) is 3.25. The van der Waals surface area contributed by atoms with Gasteiger partial charge in [0.2, 0.25) is 0 Å². The zero-order valence-electron chi connectivity index (χ0n) is 13.4. The highest BCUT2D eigenvalue weighted by molar-refractivity contribution is 5.86. The number of nitrogens with one attached hydrogen (secondary N) is 1. The summed E-state index contributed by atoms with van der Waals surface area (Å²) in [6.45, 7) is 4.92. The Bertz CT molecular complexity index is 386. The maximum Gasteiger partial charge on any atom is 0.310 e. The van der Waals surface area contributed by atoms with Crippen molar-refractivity contribution in [2.45, 2.75) is 38.2 Å². The number of amides is 1. The number of hydrogen-bond donors (Lipinski definition) is 1. The van der Waals surface area contributed by atoms with Gasteiger partial charge in [0.1, 0.15) is 5.60 Å². The van der Waals surface area contributed by atoms with Gasteiger partial charge in [-0.2, -0.15) is 0 Å². The molecular formula is C15H27ClN2O4. The van der Waals surface area contributed by atoms with Crippen LogP contribution in [0, 0.1) is 5.92 Å². The lowest BCUT2D eigenvalue weighted by atomic mass is 9.88. The molecule has 0 saturated carbocycles. The highest BCUT2D eigenvalue weighted by Gasteiger charge is 2.44. The minimum Gasteiger partial charge on any atom is -0.466 e. The third kappa shape index (κ3) is 4.12. The molecule has 128 valence electrons. The molecule has 2 fully saturated rings. The Balaban J connectivity index is 0.00000242. The molecule has 2 aliphatic heterocycles.